The van der Waals surface area contributed by atoms with Crippen molar-refractivity contribution in [2.75, 3.05) is 24.6 Å². The first-order valence-corrected chi connectivity index (χ1v) is 15.1. The Bertz CT molecular complexity index is 467. The van der Waals surface area contributed by atoms with Crippen molar-refractivity contribution in [3.8, 4) is 0 Å². The standard InChI is InChI=1S/2C13H22P.Zr/c2*1-3-5-11-14(12-6-4-2)13-9-7-8-10-13;/h2*7-10H,3-6,11-12H2,1-2H3;/q2*-1;+2. The molecule has 2 aromatic carbocycles. The fourth-order valence-corrected chi connectivity index (χ4v) is 8.74. The minimum absolute atomic E-state index is 0. The van der Waals surface area contributed by atoms with Crippen LogP contribution in [-0.2, 0) is 26.2 Å². The molecule has 0 N–H and O–H groups in total. The van der Waals surface area contributed by atoms with E-state index in [1.165, 1.54) is 76.0 Å². The summed E-state index contributed by atoms with van der Waals surface area (Å²) in [6.07, 6.45) is 16.7. The average Bonchev–Trinajstić information content (AvgIpc) is 3.43. The maximum Gasteiger partial charge on any atom is 2.00 e. The summed E-state index contributed by atoms with van der Waals surface area (Å²) in [7, 11) is 0.339. The predicted octanol–water partition coefficient (Wildman–Crippen LogP) is 8.22. The van der Waals surface area contributed by atoms with E-state index >= 15 is 0 Å². The van der Waals surface area contributed by atoms with E-state index in [0.717, 1.165) is 0 Å². The van der Waals surface area contributed by atoms with Crippen molar-refractivity contribution in [2.45, 2.75) is 79.1 Å². The Labute approximate surface area is 204 Å². The first kappa shape index (κ1) is 29.4. The summed E-state index contributed by atoms with van der Waals surface area (Å²) in [5.74, 6) is 0. The van der Waals surface area contributed by atoms with E-state index in [4.69, 9.17) is 0 Å². The van der Waals surface area contributed by atoms with Crippen molar-refractivity contribution in [2.24, 2.45) is 0 Å². The summed E-state index contributed by atoms with van der Waals surface area (Å²) >= 11 is 0. The Balaban J connectivity index is 0.000000523. The zero-order valence-corrected chi connectivity index (χ0v) is 23.7. The van der Waals surface area contributed by atoms with Gasteiger partial charge in [-0.15, -0.1) is 26.5 Å². The van der Waals surface area contributed by atoms with Crippen molar-refractivity contribution >= 4 is 26.5 Å². The van der Waals surface area contributed by atoms with E-state index in [1.807, 2.05) is 0 Å². The molecule has 0 bridgehead atoms. The monoisotopic (exact) mass is 508 g/mol. The molecule has 2 rings (SSSR count). The van der Waals surface area contributed by atoms with Crippen LogP contribution in [0.3, 0.4) is 0 Å². The molecular formula is C26H44P2Zr. The molecule has 2 aromatic rings. The molecule has 3 heteroatoms. The van der Waals surface area contributed by atoms with Gasteiger partial charge in [0.2, 0.25) is 0 Å². The van der Waals surface area contributed by atoms with Gasteiger partial charge in [0.25, 0.3) is 0 Å². The fraction of sp³-hybridized carbons (Fsp3) is 0.615. The van der Waals surface area contributed by atoms with Gasteiger partial charge in [-0.2, -0.15) is 24.3 Å². The molecule has 0 unspecified atom stereocenters. The van der Waals surface area contributed by atoms with E-state index in [2.05, 4.69) is 76.2 Å². The first-order valence-electron chi connectivity index (χ1n) is 11.7. The number of rotatable bonds is 14. The minimum atomic E-state index is 0. The van der Waals surface area contributed by atoms with E-state index in [-0.39, 0.29) is 42.0 Å². The molecule has 0 fully saturated rings. The van der Waals surface area contributed by atoms with Gasteiger partial charge in [-0.3, -0.25) is 0 Å². The van der Waals surface area contributed by atoms with Gasteiger partial charge in [0.15, 0.2) is 0 Å². The van der Waals surface area contributed by atoms with Gasteiger partial charge < -0.3 is 0 Å². The quantitative estimate of drug-likeness (QED) is 0.178. The van der Waals surface area contributed by atoms with Gasteiger partial charge in [-0.05, 0) is 50.3 Å². The van der Waals surface area contributed by atoms with Crippen LogP contribution < -0.4 is 10.6 Å². The molecule has 0 aromatic heterocycles. The largest absolute Gasteiger partial charge is 2.00 e. The molecule has 162 valence electrons. The summed E-state index contributed by atoms with van der Waals surface area (Å²) in [5.41, 5.74) is 0. The molecule has 0 aliphatic heterocycles. The maximum atomic E-state index is 2.32. The molecule has 0 heterocycles. The van der Waals surface area contributed by atoms with Crippen molar-refractivity contribution in [1.29, 1.82) is 0 Å². The maximum absolute atomic E-state index is 2.32. The molecule has 0 nitrogen and oxygen atoms in total. The third-order valence-electron chi connectivity index (χ3n) is 5.15. The second-order valence-electron chi connectivity index (χ2n) is 7.67. The summed E-state index contributed by atoms with van der Waals surface area (Å²) in [6.45, 7) is 9.16. The third kappa shape index (κ3) is 13.5. The number of hydrogen-bond donors (Lipinski definition) is 0. The fourth-order valence-electron chi connectivity index (χ4n) is 3.29. The topological polar surface area (TPSA) is 0 Å². The van der Waals surface area contributed by atoms with Gasteiger partial charge in [-0.25, -0.2) is 24.3 Å². The van der Waals surface area contributed by atoms with Gasteiger partial charge in [-0.1, -0.05) is 53.4 Å². The van der Waals surface area contributed by atoms with E-state index in [1.54, 1.807) is 10.6 Å². The number of unbranched alkanes of at least 4 members (excludes halogenated alkanes) is 4. The summed E-state index contributed by atoms with van der Waals surface area (Å²) in [6, 6.07) is 18.0. The van der Waals surface area contributed by atoms with Crippen LogP contribution in [0.2, 0.25) is 0 Å². The van der Waals surface area contributed by atoms with Gasteiger partial charge in [0, 0.05) is 0 Å². The Morgan fingerprint density at radius 3 is 1.10 bits per heavy atom. The van der Waals surface area contributed by atoms with E-state index in [9.17, 15) is 0 Å². The van der Waals surface area contributed by atoms with E-state index < -0.39 is 0 Å². The Hall–Kier alpha value is 0.443. The van der Waals surface area contributed by atoms with Crippen molar-refractivity contribution < 1.29 is 26.2 Å². The van der Waals surface area contributed by atoms with Crippen molar-refractivity contribution in [3.05, 3.63) is 48.5 Å². The zero-order valence-electron chi connectivity index (χ0n) is 19.5. The number of hydrogen-bond acceptors (Lipinski definition) is 0. The van der Waals surface area contributed by atoms with Gasteiger partial charge in [0.1, 0.15) is 0 Å². The van der Waals surface area contributed by atoms with Crippen LogP contribution in [0.25, 0.3) is 0 Å². The molecule has 0 saturated carbocycles. The SMILES string of the molecule is CCCCP(CCCC)c1ccc[cH-]1.CCCCP(CCCC)c1ccc[cH-]1.[Zr+2]. The molecule has 0 aliphatic rings. The Morgan fingerprint density at radius 1 is 0.586 bits per heavy atom. The second-order valence-corrected chi connectivity index (χ2v) is 12.7. The second kappa shape index (κ2) is 20.4. The average molecular weight is 510 g/mol. The van der Waals surface area contributed by atoms with Crippen LogP contribution in [0.15, 0.2) is 48.5 Å². The zero-order chi connectivity index (χ0) is 20.5. The first-order chi connectivity index (χ1) is 13.8. The molecular weight excluding hydrogens is 465 g/mol. The molecule has 0 spiro atoms. The molecule has 0 radical (unpaired) electrons. The Morgan fingerprint density at radius 2 is 0.897 bits per heavy atom. The van der Waals surface area contributed by atoms with Crippen LogP contribution in [0.4, 0.5) is 0 Å². The van der Waals surface area contributed by atoms with Crippen molar-refractivity contribution in [1.82, 2.24) is 0 Å². The predicted molar refractivity (Wildman–Crippen MR) is 136 cm³/mol. The molecule has 29 heavy (non-hydrogen) atoms. The summed E-state index contributed by atoms with van der Waals surface area (Å²) in [5, 5.41) is 3.25. The summed E-state index contributed by atoms with van der Waals surface area (Å²) in [4.78, 5) is 0. The molecule has 0 amide bonds. The molecule has 0 saturated heterocycles. The van der Waals surface area contributed by atoms with E-state index in [0.29, 0.717) is 0 Å². The molecule has 0 atom stereocenters. The van der Waals surface area contributed by atoms with Crippen LogP contribution in [0.5, 0.6) is 0 Å². The van der Waals surface area contributed by atoms with Crippen molar-refractivity contribution in [3.63, 3.8) is 0 Å². The normalized spacial score (nSPS) is 10.7. The van der Waals surface area contributed by atoms with Gasteiger partial charge in [0.05, 0.1) is 0 Å². The van der Waals surface area contributed by atoms with Crippen LogP contribution >= 0.6 is 15.8 Å². The smallest absolute Gasteiger partial charge is 0.213 e. The van der Waals surface area contributed by atoms with Crippen LogP contribution in [-0.4, -0.2) is 24.6 Å². The third-order valence-corrected chi connectivity index (χ3v) is 10.6. The Kier molecular flexibility index (Phi) is 20.7. The minimum Gasteiger partial charge on any atom is -0.213 e. The van der Waals surface area contributed by atoms with Crippen LogP contribution in [0.1, 0.15) is 79.1 Å². The molecule has 0 aliphatic carbocycles. The van der Waals surface area contributed by atoms with Crippen LogP contribution in [0, 0.1) is 0 Å². The summed E-state index contributed by atoms with van der Waals surface area (Å²) < 4.78 is 0. The van der Waals surface area contributed by atoms with Gasteiger partial charge >= 0.3 is 26.2 Å².